The van der Waals surface area contributed by atoms with Crippen molar-refractivity contribution in [1.82, 2.24) is 4.57 Å². The number of nitrogens with one attached hydrogen (secondary N) is 1. The number of halogens is 1. The summed E-state index contributed by atoms with van der Waals surface area (Å²) in [6.07, 6.45) is 2.23. The van der Waals surface area contributed by atoms with E-state index in [9.17, 15) is 0 Å². The van der Waals surface area contributed by atoms with E-state index in [4.69, 9.17) is 11.6 Å². The first-order valence-corrected chi connectivity index (χ1v) is 7.22. The van der Waals surface area contributed by atoms with Gasteiger partial charge in [-0.3, -0.25) is 0 Å². The van der Waals surface area contributed by atoms with Gasteiger partial charge in [0, 0.05) is 40.9 Å². The SMILES string of the molecule is CCn1cc(CNc2ccc(Cl)cc2)c2ccccc21. The number of hydrogen-bond acceptors (Lipinski definition) is 1. The Bertz CT molecular complexity index is 713. The van der Waals surface area contributed by atoms with Crippen LogP contribution in [-0.2, 0) is 13.1 Å². The average molecular weight is 285 g/mol. The molecule has 0 spiro atoms. The molecule has 3 aromatic rings. The van der Waals surface area contributed by atoms with Crippen LogP contribution in [0.15, 0.2) is 54.7 Å². The van der Waals surface area contributed by atoms with Gasteiger partial charge in [-0.2, -0.15) is 0 Å². The molecule has 2 nitrogen and oxygen atoms in total. The number of aryl methyl sites for hydroxylation is 1. The summed E-state index contributed by atoms with van der Waals surface area (Å²) >= 11 is 5.90. The van der Waals surface area contributed by atoms with E-state index in [0.717, 1.165) is 23.8 Å². The number of benzene rings is 2. The smallest absolute Gasteiger partial charge is 0.0483 e. The zero-order chi connectivity index (χ0) is 13.9. The molecule has 20 heavy (non-hydrogen) atoms. The highest BCUT2D eigenvalue weighted by atomic mass is 35.5. The van der Waals surface area contributed by atoms with Gasteiger partial charge in [0.2, 0.25) is 0 Å². The molecule has 0 aliphatic heterocycles. The van der Waals surface area contributed by atoms with Crippen molar-refractivity contribution in [3.8, 4) is 0 Å². The van der Waals surface area contributed by atoms with Crippen molar-refractivity contribution in [3.63, 3.8) is 0 Å². The van der Waals surface area contributed by atoms with Gasteiger partial charge in [-0.25, -0.2) is 0 Å². The number of nitrogens with zero attached hydrogens (tertiary/aromatic N) is 1. The van der Waals surface area contributed by atoms with Crippen LogP contribution in [0.3, 0.4) is 0 Å². The Hall–Kier alpha value is -1.93. The Morgan fingerprint density at radius 1 is 1.05 bits per heavy atom. The molecule has 0 amide bonds. The van der Waals surface area contributed by atoms with E-state index >= 15 is 0 Å². The molecule has 0 bridgehead atoms. The molecular formula is C17H17ClN2. The predicted octanol–water partition coefficient (Wildman–Crippen LogP) is 4.93. The molecule has 0 radical (unpaired) electrons. The average Bonchev–Trinajstić information content (AvgIpc) is 2.85. The summed E-state index contributed by atoms with van der Waals surface area (Å²) in [7, 11) is 0. The largest absolute Gasteiger partial charge is 0.381 e. The fourth-order valence-electron chi connectivity index (χ4n) is 2.49. The van der Waals surface area contributed by atoms with Gasteiger partial charge in [0.15, 0.2) is 0 Å². The molecule has 1 aromatic heterocycles. The quantitative estimate of drug-likeness (QED) is 0.719. The van der Waals surface area contributed by atoms with Crippen LogP contribution in [0.5, 0.6) is 0 Å². The summed E-state index contributed by atoms with van der Waals surface area (Å²) in [6, 6.07) is 16.3. The van der Waals surface area contributed by atoms with E-state index in [1.165, 1.54) is 16.5 Å². The van der Waals surface area contributed by atoms with E-state index in [1.54, 1.807) is 0 Å². The van der Waals surface area contributed by atoms with Crippen molar-refractivity contribution >= 4 is 28.2 Å². The highest BCUT2D eigenvalue weighted by Crippen LogP contribution is 2.22. The lowest BCUT2D eigenvalue weighted by Crippen LogP contribution is -1.98. The maximum atomic E-state index is 5.90. The Morgan fingerprint density at radius 2 is 1.80 bits per heavy atom. The summed E-state index contributed by atoms with van der Waals surface area (Å²) < 4.78 is 2.29. The van der Waals surface area contributed by atoms with Crippen molar-refractivity contribution in [3.05, 3.63) is 65.3 Å². The molecule has 0 aliphatic rings. The second-order valence-electron chi connectivity index (χ2n) is 4.82. The number of aromatic nitrogens is 1. The number of rotatable bonds is 4. The first kappa shape index (κ1) is 13.1. The Labute approximate surface area is 124 Å². The van der Waals surface area contributed by atoms with Crippen molar-refractivity contribution in [2.24, 2.45) is 0 Å². The number of hydrogen-bond donors (Lipinski definition) is 1. The second-order valence-corrected chi connectivity index (χ2v) is 5.25. The molecular weight excluding hydrogens is 268 g/mol. The Balaban J connectivity index is 1.85. The van der Waals surface area contributed by atoms with Gasteiger partial charge in [-0.15, -0.1) is 0 Å². The standard InChI is InChI=1S/C17H17ClN2/c1-2-20-12-13(16-5-3-4-6-17(16)20)11-19-15-9-7-14(18)8-10-15/h3-10,12,19H,2,11H2,1H3. The fraction of sp³-hybridized carbons (Fsp3) is 0.176. The molecule has 1 N–H and O–H groups in total. The van der Waals surface area contributed by atoms with Gasteiger partial charge in [0.25, 0.3) is 0 Å². The van der Waals surface area contributed by atoms with Gasteiger partial charge in [0.1, 0.15) is 0 Å². The van der Waals surface area contributed by atoms with Crippen molar-refractivity contribution in [2.45, 2.75) is 20.0 Å². The third-order valence-electron chi connectivity index (χ3n) is 3.54. The maximum Gasteiger partial charge on any atom is 0.0483 e. The summed E-state index contributed by atoms with van der Waals surface area (Å²) in [5.74, 6) is 0. The third kappa shape index (κ3) is 2.52. The monoisotopic (exact) mass is 284 g/mol. The lowest BCUT2D eigenvalue weighted by molar-refractivity contribution is 0.793. The van der Waals surface area contributed by atoms with Crippen LogP contribution in [0.25, 0.3) is 10.9 Å². The van der Waals surface area contributed by atoms with Gasteiger partial charge < -0.3 is 9.88 Å². The highest BCUT2D eigenvalue weighted by molar-refractivity contribution is 6.30. The normalized spacial score (nSPS) is 10.9. The van der Waals surface area contributed by atoms with Gasteiger partial charge in [0.05, 0.1) is 0 Å². The van der Waals surface area contributed by atoms with Gasteiger partial charge in [-0.05, 0) is 42.8 Å². The molecule has 0 fully saturated rings. The number of para-hydroxylation sites is 1. The minimum atomic E-state index is 0.762. The zero-order valence-corrected chi connectivity index (χ0v) is 12.2. The topological polar surface area (TPSA) is 17.0 Å². The predicted molar refractivity (Wildman–Crippen MR) is 86.4 cm³/mol. The van der Waals surface area contributed by atoms with Gasteiger partial charge in [-0.1, -0.05) is 29.8 Å². The van der Waals surface area contributed by atoms with Crippen LogP contribution in [0.4, 0.5) is 5.69 Å². The molecule has 0 aliphatic carbocycles. The van der Waals surface area contributed by atoms with Crippen LogP contribution in [0.2, 0.25) is 5.02 Å². The molecule has 102 valence electrons. The third-order valence-corrected chi connectivity index (χ3v) is 3.79. The molecule has 1 heterocycles. The van der Waals surface area contributed by atoms with E-state index in [2.05, 4.69) is 47.3 Å². The van der Waals surface area contributed by atoms with Crippen molar-refractivity contribution < 1.29 is 0 Å². The molecule has 3 rings (SSSR count). The van der Waals surface area contributed by atoms with E-state index in [-0.39, 0.29) is 0 Å². The van der Waals surface area contributed by atoms with Crippen molar-refractivity contribution in [1.29, 1.82) is 0 Å². The van der Waals surface area contributed by atoms with Gasteiger partial charge >= 0.3 is 0 Å². The zero-order valence-electron chi connectivity index (χ0n) is 11.4. The summed E-state index contributed by atoms with van der Waals surface area (Å²) in [6.45, 7) is 3.97. The summed E-state index contributed by atoms with van der Waals surface area (Å²) in [5.41, 5.74) is 3.70. The highest BCUT2D eigenvalue weighted by Gasteiger charge is 2.06. The summed E-state index contributed by atoms with van der Waals surface area (Å²) in [5, 5.41) is 5.52. The van der Waals surface area contributed by atoms with Crippen LogP contribution < -0.4 is 5.32 Å². The van der Waals surface area contributed by atoms with E-state index in [0.29, 0.717) is 0 Å². The molecule has 0 saturated carbocycles. The molecule has 3 heteroatoms. The lowest BCUT2D eigenvalue weighted by Gasteiger charge is -2.05. The molecule has 0 unspecified atom stereocenters. The number of fused-ring (bicyclic) bond motifs is 1. The van der Waals surface area contributed by atoms with E-state index < -0.39 is 0 Å². The van der Waals surface area contributed by atoms with Crippen LogP contribution >= 0.6 is 11.6 Å². The number of anilines is 1. The molecule has 2 aromatic carbocycles. The Kier molecular flexibility index (Phi) is 3.66. The second kappa shape index (κ2) is 5.59. The molecule has 0 atom stereocenters. The Morgan fingerprint density at radius 3 is 2.55 bits per heavy atom. The fourth-order valence-corrected chi connectivity index (χ4v) is 2.62. The molecule has 0 saturated heterocycles. The van der Waals surface area contributed by atoms with Crippen LogP contribution in [-0.4, -0.2) is 4.57 Å². The van der Waals surface area contributed by atoms with Crippen LogP contribution in [0.1, 0.15) is 12.5 Å². The first-order valence-electron chi connectivity index (χ1n) is 6.84. The minimum absolute atomic E-state index is 0.762. The lowest BCUT2D eigenvalue weighted by atomic mass is 10.2. The summed E-state index contributed by atoms with van der Waals surface area (Å²) in [4.78, 5) is 0. The first-order chi connectivity index (χ1) is 9.78. The maximum absolute atomic E-state index is 5.90. The van der Waals surface area contributed by atoms with Crippen molar-refractivity contribution in [2.75, 3.05) is 5.32 Å². The van der Waals surface area contributed by atoms with E-state index in [1.807, 2.05) is 24.3 Å². The minimum Gasteiger partial charge on any atom is -0.381 e. The van der Waals surface area contributed by atoms with Crippen LogP contribution in [0, 0.1) is 0 Å².